The van der Waals surface area contributed by atoms with Crippen LogP contribution in [0.1, 0.15) is 59.0 Å². The Morgan fingerprint density at radius 1 is 1.29 bits per heavy atom. The third-order valence-corrected chi connectivity index (χ3v) is 5.70. The number of fused-ring (bicyclic) bond motifs is 1. The third-order valence-electron chi connectivity index (χ3n) is 5.70. The summed E-state index contributed by atoms with van der Waals surface area (Å²) in [6.07, 6.45) is -5.26. The van der Waals surface area contributed by atoms with Gasteiger partial charge in [0.05, 0.1) is 23.4 Å². The van der Waals surface area contributed by atoms with E-state index in [4.69, 9.17) is 5.73 Å². The number of rotatable bonds is 4. The van der Waals surface area contributed by atoms with E-state index in [1.807, 2.05) is 5.32 Å². The van der Waals surface area contributed by atoms with E-state index in [0.29, 0.717) is 0 Å². The lowest BCUT2D eigenvalue weighted by Gasteiger charge is -2.42. The Morgan fingerprint density at radius 2 is 1.94 bits per heavy atom. The minimum absolute atomic E-state index is 0.114. The van der Waals surface area contributed by atoms with Crippen molar-refractivity contribution < 1.29 is 32.3 Å². The molecule has 0 spiro atoms. The Balaban J connectivity index is 2.26. The first kappa shape index (κ1) is 22.3. The van der Waals surface area contributed by atoms with E-state index in [0.717, 1.165) is 24.8 Å². The number of carbonyl (C=O) groups is 4. The molecule has 2 heterocycles. The lowest BCUT2D eigenvalue weighted by molar-refractivity contribution is -0.213. The summed E-state index contributed by atoms with van der Waals surface area (Å²) in [7, 11) is 0. The zero-order chi connectivity index (χ0) is 23.3. The van der Waals surface area contributed by atoms with Crippen molar-refractivity contribution in [3.63, 3.8) is 0 Å². The monoisotopic (exact) mass is 436 g/mol. The first-order chi connectivity index (χ1) is 14.3. The number of alkyl halides is 3. The van der Waals surface area contributed by atoms with Crippen LogP contribution in [0.3, 0.4) is 0 Å². The fraction of sp³-hybridized carbons (Fsp3) is 0.450. The van der Waals surface area contributed by atoms with Crippen LogP contribution in [0, 0.1) is 22.7 Å². The van der Waals surface area contributed by atoms with Crippen LogP contribution in [0.2, 0.25) is 0 Å². The predicted octanol–water partition coefficient (Wildman–Crippen LogP) is 1.82. The van der Waals surface area contributed by atoms with Gasteiger partial charge in [-0.1, -0.05) is 0 Å². The molecule has 31 heavy (non-hydrogen) atoms. The number of primary amides is 1. The number of nitrogens with two attached hydrogens (primary N) is 1. The summed E-state index contributed by atoms with van der Waals surface area (Å²) in [5.41, 5.74) is 2.89. The molecule has 3 atom stereocenters. The van der Waals surface area contributed by atoms with E-state index in [2.05, 4.69) is 0 Å². The van der Waals surface area contributed by atoms with Crippen molar-refractivity contribution in [3.8, 4) is 6.07 Å². The number of nitriles is 1. The van der Waals surface area contributed by atoms with E-state index < -0.39 is 53.2 Å². The van der Waals surface area contributed by atoms with Crippen LogP contribution in [0.15, 0.2) is 18.2 Å². The van der Waals surface area contributed by atoms with E-state index in [1.165, 1.54) is 12.1 Å². The van der Waals surface area contributed by atoms with Crippen LogP contribution < -0.4 is 11.1 Å². The maximum atomic E-state index is 14.3. The summed E-state index contributed by atoms with van der Waals surface area (Å²) in [6, 6.07) is 2.02. The minimum Gasteiger partial charge on any atom is -0.366 e. The summed E-state index contributed by atoms with van der Waals surface area (Å²) >= 11 is 0. The molecular weight excluding hydrogens is 417 g/mol. The van der Waals surface area contributed by atoms with Gasteiger partial charge >= 0.3 is 6.18 Å². The zero-order valence-electron chi connectivity index (χ0n) is 16.6. The Labute approximate surface area is 175 Å². The highest BCUT2D eigenvalue weighted by Crippen LogP contribution is 2.53. The highest BCUT2D eigenvalue weighted by Gasteiger charge is 2.60. The Bertz CT molecular complexity index is 1030. The maximum Gasteiger partial charge on any atom is 0.395 e. The summed E-state index contributed by atoms with van der Waals surface area (Å²) in [5, 5.41) is 11.5. The molecule has 1 aromatic rings. The van der Waals surface area contributed by atoms with Crippen molar-refractivity contribution in [1.82, 2.24) is 10.2 Å². The number of imide groups is 1. The van der Waals surface area contributed by atoms with Gasteiger partial charge in [0, 0.05) is 17.5 Å². The van der Waals surface area contributed by atoms with Crippen molar-refractivity contribution in [2.24, 2.45) is 17.1 Å². The zero-order valence-corrected chi connectivity index (χ0v) is 16.6. The second-order valence-corrected chi connectivity index (χ2v) is 8.14. The first-order valence-electron chi connectivity index (χ1n) is 9.37. The van der Waals surface area contributed by atoms with Crippen molar-refractivity contribution in [2.75, 3.05) is 0 Å². The smallest absolute Gasteiger partial charge is 0.366 e. The van der Waals surface area contributed by atoms with Crippen LogP contribution in [-0.2, 0) is 9.59 Å². The van der Waals surface area contributed by atoms with E-state index >= 15 is 0 Å². The van der Waals surface area contributed by atoms with Crippen molar-refractivity contribution in [2.45, 2.75) is 44.9 Å². The molecule has 2 aliphatic heterocycles. The largest absolute Gasteiger partial charge is 0.395 e. The molecular formula is C20H19F3N4O4. The molecule has 2 unspecified atom stereocenters. The molecule has 2 aliphatic rings. The average molecular weight is 436 g/mol. The summed E-state index contributed by atoms with van der Waals surface area (Å²) in [5.74, 6) is -5.63. The van der Waals surface area contributed by atoms with Gasteiger partial charge in [-0.25, -0.2) is 0 Å². The van der Waals surface area contributed by atoms with Gasteiger partial charge in [0.15, 0.2) is 0 Å². The first-order valence-corrected chi connectivity index (χ1v) is 9.37. The standard InChI is InChI=1S/C20H19F3N4O4/c1-19(2,8-24)15(20(21,22)23)14-11-7-9(16(25)29)3-4-10(11)18(31)27(14)12-5-6-13(28)26-17(12)30/h3-4,7,12,14-15H,5-6H2,1-2H3,(H2,25,29)(H,26,28,30)/t12?,14?,15-/m0/s1. The topological polar surface area (TPSA) is 133 Å². The van der Waals surface area contributed by atoms with Gasteiger partial charge in [-0.05, 0) is 44.0 Å². The van der Waals surface area contributed by atoms with Crippen molar-refractivity contribution in [3.05, 3.63) is 34.9 Å². The molecule has 1 saturated heterocycles. The second-order valence-electron chi connectivity index (χ2n) is 8.14. The fourth-order valence-electron chi connectivity index (χ4n) is 4.25. The molecule has 11 heteroatoms. The molecule has 8 nitrogen and oxygen atoms in total. The molecule has 4 amide bonds. The molecule has 0 aromatic heterocycles. The highest BCUT2D eigenvalue weighted by molar-refractivity contribution is 6.06. The van der Waals surface area contributed by atoms with Gasteiger partial charge in [-0.15, -0.1) is 0 Å². The summed E-state index contributed by atoms with van der Waals surface area (Å²) < 4.78 is 42.9. The van der Waals surface area contributed by atoms with Crippen LogP contribution in [-0.4, -0.2) is 40.7 Å². The van der Waals surface area contributed by atoms with Crippen molar-refractivity contribution >= 4 is 23.6 Å². The third kappa shape index (κ3) is 3.73. The molecule has 0 aliphatic carbocycles. The van der Waals surface area contributed by atoms with Gasteiger partial charge in [0.1, 0.15) is 6.04 Å². The maximum absolute atomic E-state index is 14.3. The number of nitrogens with zero attached hydrogens (tertiary/aromatic N) is 2. The number of amides is 4. The number of nitrogens with one attached hydrogen (secondary N) is 1. The van der Waals surface area contributed by atoms with Crippen LogP contribution in [0.5, 0.6) is 0 Å². The van der Waals surface area contributed by atoms with Crippen molar-refractivity contribution in [1.29, 1.82) is 5.26 Å². The number of benzene rings is 1. The highest BCUT2D eigenvalue weighted by atomic mass is 19.4. The van der Waals surface area contributed by atoms with Gasteiger partial charge in [0.2, 0.25) is 17.7 Å². The fourth-order valence-corrected chi connectivity index (χ4v) is 4.25. The molecule has 1 aromatic carbocycles. The number of hydrogen-bond acceptors (Lipinski definition) is 5. The summed E-state index contributed by atoms with van der Waals surface area (Å²) in [4.78, 5) is 49.5. The Kier molecular flexibility index (Phi) is 5.29. The lowest BCUT2D eigenvalue weighted by atomic mass is 9.72. The number of carbonyl (C=O) groups excluding carboxylic acids is 4. The quantitative estimate of drug-likeness (QED) is 0.695. The Hall–Kier alpha value is -3.42. The van der Waals surface area contributed by atoms with E-state index in [-0.39, 0.29) is 29.5 Å². The molecule has 164 valence electrons. The molecule has 0 radical (unpaired) electrons. The number of piperidine rings is 1. The summed E-state index contributed by atoms with van der Waals surface area (Å²) in [6.45, 7) is 2.18. The SMILES string of the molecule is CC(C)(C#N)[C@H](C1c2cc(C(N)=O)ccc2C(=O)N1C1CCC(=O)NC1=O)C(F)(F)F. The van der Waals surface area contributed by atoms with Crippen LogP contribution in [0.4, 0.5) is 13.2 Å². The Morgan fingerprint density at radius 3 is 2.45 bits per heavy atom. The van der Waals surface area contributed by atoms with Gasteiger partial charge in [-0.3, -0.25) is 24.5 Å². The van der Waals surface area contributed by atoms with Gasteiger partial charge in [0.25, 0.3) is 5.91 Å². The minimum atomic E-state index is -4.94. The molecule has 0 bridgehead atoms. The molecule has 3 N–H and O–H groups in total. The molecule has 3 rings (SSSR count). The lowest BCUT2D eigenvalue weighted by Crippen LogP contribution is -2.56. The second kappa shape index (κ2) is 7.37. The van der Waals surface area contributed by atoms with E-state index in [9.17, 15) is 37.6 Å². The predicted molar refractivity (Wildman–Crippen MR) is 99.0 cm³/mol. The number of halogens is 3. The van der Waals surface area contributed by atoms with Crippen LogP contribution >= 0.6 is 0 Å². The average Bonchev–Trinajstić information content (AvgIpc) is 2.92. The van der Waals surface area contributed by atoms with E-state index in [1.54, 1.807) is 6.07 Å². The molecule has 1 fully saturated rings. The van der Waals surface area contributed by atoms with Crippen LogP contribution in [0.25, 0.3) is 0 Å². The molecule has 0 saturated carbocycles. The number of hydrogen-bond donors (Lipinski definition) is 2. The van der Waals surface area contributed by atoms with Gasteiger partial charge in [-0.2, -0.15) is 18.4 Å². The van der Waals surface area contributed by atoms with Gasteiger partial charge < -0.3 is 10.6 Å². The normalized spacial score (nSPS) is 22.6.